The molecule has 0 radical (unpaired) electrons. The van der Waals surface area contributed by atoms with E-state index in [2.05, 4.69) is 22.0 Å². The average Bonchev–Trinajstić information content (AvgIpc) is 3.30. The van der Waals surface area contributed by atoms with Gasteiger partial charge in [-0.1, -0.05) is 43.3 Å². The van der Waals surface area contributed by atoms with Crippen LogP contribution in [0.4, 0.5) is 20.7 Å². The van der Waals surface area contributed by atoms with Gasteiger partial charge in [0.25, 0.3) is 0 Å². The maximum Gasteiger partial charge on any atom is 0.416 e. The number of anilines is 2. The van der Waals surface area contributed by atoms with E-state index in [4.69, 9.17) is 14.2 Å². The third-order valence-corrected chi connectivity index (χ3v) is 7.37. The monoisotopic (exact) mass is 534 g/mol. The second-order valence-electron chi connectivity index (χ2n) is 11.1. The minimum Gasteiger partial charge on any atom is -0.493 e. The maximum atomic E-state index is 14.5. The lowest BCUT2D eigenvalue weighted by Gasteiger charge is -2.47. The van der Waals surface area contributed by atoms with Crippen molar-refractivity contribution in [3.05, 3.63) is 66.0 Å². The number of amides is 1. The van der Waals surface area contributed by atoms with Crippen LogP contribution in [0, 0.1) is 5.82 Å². The third kappa shape index (κ3) is 5.28. The largest absolute Gasteiger partial charge is 0.493 e. The summed E-state index contributed by atoms with van der Waals surface area (Å²) in [4.78, 5) is 17.3. The molecule has 9 heteroatoms. The molecule has 0 aliphatic carbocycles. The number of methoxy groups -OCH3 is 1. The van der Waals surface area contributed by atoms with Gasteiger partial charge in [-0.3, -0.25) is 4.90 Å². The SMILES string of the molecule is CC[C@]12C[C@@H](OCc3ccccc3)CN1c1cc(-c3cccc(F)c3OC)nnc1N(C(=O)OC(C)(C)C)C2. The molecule has 0 unspecified atom stereocenters. The van der Waals surface area contributed by atoms with Crippen molar-refractivity contribution in [2.24, 2.45) is 0 Å². The molecule has 0 saturated carbocycles. The molecule has 0 bridgehead atoms. The Kier molecular flexibility index (Phi) is 7.20. The van der Waals surface area contributed by atoms with Crippen LogP contribution in [0.1, 0.15) is 46.1 Å². The molecule has 2 aliphatic heterocycles. The first-order valence-corrected chi connectivity index (χ1v) is 13.3. The van der Waals surface area contributed by atoms with Crippen LogP contribution in [0.2, 0.25) is 0 Å². The van der Waals surface area contributed by atoms with Gasteiger partial charge in [0, 0.05) is 18.5 Å². The fourth-order valence-electron chi connectivity index (χ4n) is 5.50. The van der Waals surface area contributed by atoms with Gasteiger partial charge in [-0.05, 0) is 51.0 Å². The van der Waals surface area contributed by atoms with E-state index in [1.54, 1.807) is 17.0 Å². The number of carbonyl (C=O) groups excluding carboxylic acids is 1. The number of benzene rings is 2. The van der Waals surface area contributed by atoms with Crippen LogP contribution >= 0.6 is 0 Å². The van der Waals surface area contributed by atoms with Gasteiger partial charge in [-0.25, -0.2) is 9.18 Å². The van der Waals surface area contributed by atoms with Crippen molar-refractivity contribution in [3.8, 4) is 17.0 Å². The fraction of sp³-hybridized carbons (Fsp3) is 0.433. The number of ether oxygens (including phenoxy) is 3. The smallest absolute Gasteiger partial charge is 0.416 e. The molecule has 39 heavy (non-hydrogen) atoms. The van der Waals surface area contributed by atoms with Gasteiger partial charge < -0.3 is 19.1 Å². The molecular formula is C30H35FN4O4. The van der Waals surface area contributed by atoms with Crippen LogP contribution in [0.3, 0.4) is 0 Å². The van der Waals surface area contributed by atoms with Crippen LogP contribution in [0.15, 0.2) is 54.6 Å². The van der Waals surface area contributed by atoms with Gasteiger partial charge in [-0.2, -0.15) is 0 Å². The van der Waals surface area contributed by atoms with E-state index < -0.39 is 23.1 Å². The van der Waals surface area contributed by atoms with Gasteiger partial charge in [0.05, 0.1) is 43.3 Å². The van der Waals surface area contributed by atoms with Crippen LogP contribution in [0.5, 0.6) is 5.75 Å². The lowest BCUT2D eigenvalue weighted by Crippen LogP contribution is -2.58. The Bertz CT molecular complexity index is 1350. The topological polar surface area (TPSA) is 77.0 Å². The Morgan fingerprint density at radius 1 is 1.13 bits per heavy atom. The summed E-state index contributed by atoms with van der Waals surface area (Å²) in [6.45, 7) is 9.16. The third-order valence-electron chi connectivity index (χ3n) is 7.37. The first-order valence-electron chi connectivity index (χ1n) is 13.3. The number of para-hydroxylation sites is 1. The highest BCUT2D eigenvalue weighted by Gasteiger charge is 2.52. The van der Waals surface area contributed by atoms with Gasteiger partial charge in [0.15, 0.2) is 17.4 Å². The first kappa shape index (κ1) is 26.9. The molecule has 206 valence electrons. The Morgan fingerprint density at radius 3 is 2.59 bits per heavy atom. The lowest BCUT2D eigenvalue weighted by molar-refractivity contribution is 0.0473. The van der Waals surface area contributed by atoms with E-state index in [1.807, 2.05) is 57.2 Å². The molecule has 3 heterocycles. The number of nitrogens with zero attached hydrogens (tertiary/aromatic N) is 4. The first-order chi connectivity index (χ1) is 18.6. The Hall–Kier alpha value is -3.72. The van der Waals surface area contributed by atoms with Crippen molar-refractivity contribution in [3.63, 3.8) is 0 Å². The van der Waals surface area contributed by atoms with E-state index >= 15 is 0 Å². The summed E-state index contributed by atoms with van der Waals surface area (Å²) in [5.41, 5.74) is 1.71. The molecule has 3 aromatic rings. The molecule has 1 saturated heterocycles. The van der Waals surface area contributed by atoms with E-state index in [9.17, 15) is 9.18 Å². The van der Waals surface area contributed by atoms with Crippen molar-refractivity contribution >= 4 is 17.6 Å². The second kappa shape index (κ2) is 10.4. The molecule has 2 aliphatic rings. The van der Waals surface area contributed by atoms with Crippen molar-refractivity contribution in [2.75, 3.05) is 30.0 Å². The van der Waals surface area contributed by atoms with E-state index in [0.717, 1.165) is 24.1 Å². The van der Waals surface area contributed by atoms with Crippen LogP contribution in [-0.2, 0) is 16.1 Å². The molecule has 1 amide bonds. The zero-order valence-corrected chi connectivity index (χ0v) is 23.1. The molecule has 1 fully saturated rings. The summed E-state index contributed by atoms with van der Waals surface area (Å²) < 4.78 is 32.0. The summed E-state index contributed by atoms with van der Waals surface area (Å²) in [6, 6.07) is 16.6. The molecule has 0 N–H and O–H groups in total. The highest BCUT2D eigenvalue weighted by atomic mass is 19.1. The van der Waals surface area contributed by atoms with Crippen LogP contribution in [0.25, 0.3) is 11.3 Å². The molecule has 8 nitrogen and oxygen atoms in total. The molecule has 1 aromatic heterocycles. The number of rotatable bonds is 6. The summed E-state index contributed by atoms with van der Waals surface area (Å²) in [7, 11) is 1.43. The van der Waals surface area contributed by atoms with Crippen molar-refractivity contribution in [1.82, 2.24) is 10.2 Å². The van der Waals surface area contributed by atoms with Crippen LogP contribution in [-0.4, -0.2) is 53.7 Å². The summed E-state index contributed by atoms with van der Waals surface area (Å²) in [5.74, 6) is 0.0262. The van der Waals surface area contributed by atoms with E-state index in [-0.39, 0.29) is 11.9 Å². The lowest BCUT2D eigenvalue weighted by atomic mass is 9.89. The number of hydrogen-bond donors (Lipinski definition) is 0. The van der Waals surface area contributed by atoms with Crippen molar-refractivity contribution in [2.45, 2.75) is 64.4 Å². The van der Waals surface area contributed by atoms with E-state index in [0.29, 0.717) is 36.8 Å². The number of hydrogen-bond acceptors (Lipinski definition) is 7. The predicted molar refractivity (Wildman–Crippen MR) is 148 cm³/mol. The van der Waals surface area contributed by atoms with Crippen molar-refractivity contribution in [1.29, 1.82) is 0 Å². The van der Waals surface area contributed by atoms with Crippen molar-refractivity contribution < 1.29 is 23.4 Å². The molecule has 0 spiro atoms. The van der Waals surface area contributed by atoms with Gasteiger partial charge in [0.1, 0.15) is 5.60 Å². The standard InChI is InChI=1S/C30H35FN4O4/c1-6-30-16-21(38-18-20-11-8-7-9-12-20)17-35(30)25-15-24(22-13-10-14-23(31)26(22)37-5)32-33-27(25)34(19-30)28(36)39-29(2,3)4/h7-15,21H,6,16-19H2,1-5H3/t21-,30-/m1/s1. The minimum atomic E-state index is -0.674. The van der Waals surface area contributed by atoms with Crippen LogP contribution < -0.4 is 14.5 Å². The summed E-state index contributed by atoms with van der Waals surface area (Å²) in [5, 5.41) is 8.89. The average molecular weight is 535 g/mol. The predicted octanol–water partition coefficient (Wildman–Crippen LogP) is 5.99. The fourth-order valence-corrected chi connectivity index (χ4v) is 5.50. The Morgan fingerprint density at radius 2 is 1.90 bits per heavy atom. The summed E-state index contributed by atoms with van der Waals surface area (Å²) in [6.07, 6.45) is 0.973. The number of halogens is 1. The number of carbonyl (C=O) groups is 1. The highest BCUT2D eigenvalue weighted by Crippen LogP contribution is 2.48. The minimum absolute atomic E-state index is 0.0584. The van der Waals surface area contributed by atoms with Gasteiger partial charge in [-0.15, -0.1) is 10.2 Å². The second-order valence-corrected chi connectivity index (χ2v) is 11.1. The molecule has 2 atom stereocenters. The molecule has 5 rings (SSSR count). The molecule has 2 aromatic carbocycles. The normalized spacial score (nSPS) is 20.4. The number of fused-ring (bicyclic) bond motifs is 3. The zero-order valence-electron chi connectivity index (χ0n) is 23.1. The Balaban J connectivity index is 1.55. The highest BCUT2D eigenvalue weighted by molar-refractivity contribution is 5.94. The van der Waals surface area contributed by atoms with Gasteiger partial charge >= 0.3 is 6.09 Å². The summed E-state index contributed by atoms with van der Waals surface area (Å²) >= 11 is 0. The zero-order chi connectivity index (χ0) is 27.8. The number of aromatic nitrogens is 2. The quantitative estimate of drug-likeness (QED) is 0.384. The molecular weight excluding hydrogens is 499 g/mol. The van der Waals surface area contributed by atoms with Gasteiger partial charge in [0.2, 0.25) is 0 Å². The van der Waals surface area contributed by atoms with E-state index in [1.165, 1.54) is 13.2 Å². The maximum absolute atomic E-state index is 14.5. The Labute approximate surface area is 228 Å².